The molecule has 1 aromatic heterocycles. The molecule has 1 rings (SSSR count). The van der Waals surface area contributed by atoms with Gasteiger partial charge in [0.15, 0.2) is 0 Å². The van der Waals surface area contributed by atoms with E-state index in [0.29, 0.717) is 6.54 Å². The van der Waals surface area contributed by atoms with Crippen LogP contribution >= 0.6 is 0 Å². The summed E-state index contributed by atoms with van der Waals surface area (Å²) in [6, 6.07) is 0. The molecular weight excluding hydrogens is 210 g/mol. The first-order valence-corrected chi connectivity index (χ1v) is 5.16. The van der Waals surface area contributed by atoms with Crippen LogP contribution in [0.25, 0.3) is 0 Å². The number of nitrogens with one attached hydrogen (secondary N) is 1. The van der Waals surface area contributed by atoms with Crippen LogP contribution in [0.5, 0.6) is 0 Å². The Balaban J connectivity index is 2.12. The highest BCUT2D eigenvalue weighted by molar-refractivity contribution is 5.67. The number of aliphatic carboxylic acids is 1. The molecule has 0 aliphatic carbocycles. The highest BCUT2D eigenvalue weighted by Gasteiger charge is 2.08. The minimum Gasteiger partial charge on any atom is -0.481 e. The molecule has 0 fully saturated rings. The molecule has 1 atom stereocenters. The Hall–Kier alpha value is -1.40. The number of aliphatic hydroxyl groups excluding tert-OH is 1. The smallest absolute Gasteiger partial charge is 0.306 e. The van der Waals surface area contributed by atoms with Crippen LogP contribution in [0, 0.1) is 0 Å². The van der Waals surface area contributed by atoms with Gasteiger partial charge in [-0.25, -0.2) is 4.98 Å². The van der Waals surface area contributed by atoms with Crippen molar-refractivity contribution in [3.63, 3.8) is 0 Å². The number of aryl methyl sites for hydroxylation is 1. The summed E-state index contributed by atoms with van der Waals surface area (Å²) in [5, 5.41) is 20.7. The van der Waals surface area contributed by atoms with Crippen LogP contribution in [0.15, 0.2) is 12.4 Å². The molecule has 90 valence electrons. The number of carboxylic acid groups (broad SMARTS) is 1. The first kappa shape index (κ1) is 12.7. The number of carbonyl (C=O) groups is 1. The molecule has 0 aromatic carbocycles. The van der Waals surface area contributed by atoms with E-state index >= 15 is 0 Å². The molecular formula is C10H17N3O3. The molecule has 3 N–H and O–H groups in total. The Labute approximate surface area is 93.9 Å². The highest BCUT2D eigenvalue weighted by Crippen LogP contribution is 1.94. The summed E-state index contributed by atoms with van der Waals surface area (Å²) < 4.78 is 1.93. The van der Waals surface area contributed by atoms with Crippen molar-refractivity contribution in [2.45, 2.75) is 18.9 Å². The minimum atomic E-state index is -0.988. The van der Waals surface area contributed by atoms with Crippen LogP contribution in [0.4, 0.5) is 0 Å². The Morgan fingerprint density at radius 1 is 1.69 bits per heavy atom. The lowest BCUT2D eigenvalue weighted by atomic mass is 10.2. The normalized spacial score (nSPS) is 12.6. The number of nitrogens with zero attached hydrogens (tertiary/aromatic N) is 2. The van der Waals surface area contributed by atoms with Gasteiger partial charge in [0.25, 0.3) is 0 Å². The molecule has 0 saturated carbocycles. The fourth-order valence-electron chi connectivity index (χ4n) is 1.38. The van der Waals surface area contributed by atoms with Crippen LogP contribution in [-0.4, -0.2) is 44.9 Å². The predicted octanol–water partition coefficient (Wildman–Crippen LogP) is -0.612. The SMILES string of the molecule is Cn1ccnc1CCNCC(O)CC(=O)O. The van der Waals surface area contributed by atoms with Gasteiger partial charge in [-0.3, -0.25) is 4.79 Å². The van der Waals surface area contributed by atoms with E-state index in [1.807, 2.05) is 17.8 Å². The average molecular weight is 227 g/mol. The molecule has 1 heterocycles. The molecule has 0 bridgehead atoms. The predicted molar refractivity (Wildman–Crippen MR) is 58.0 cm³/mol. The van der Waals surface area contributed by atoms with Crippen molar-refractivity contribution in [2.24, 2.45) is 7.05 Å². The molecule has 6 nitrogen and oxygen atoms in total. The second-order valence-corrected chi connectivity index (χ2v) is 3.66. The topological polar surface area (TPSA) is 87.4 Å². The fraction of sp³-hybridized carbons (Fsp3) is 0.600. The summed E-state index contributed by atoms with van der Waals surface area (Å²) in [7, 11) is 1.92. The van der Waals surface area contributed by atoms with E-state index in [1.165, 1.54) is 0 Å². The van der Waals surface area contributed by atoms with Crippen LogP contribution < -0.4 is 5.32 Å². The zero-order valence-corrected chi connectivity index (χ0v) is 9.26. The van der Waals surface area contributed by atoms with E-state index in [9.17, 15) is 9.90 Å². The summed E-state index contributed by atoms with van der Waals surface area (Å²) in [6.45, 7) is 0.957. The van der Waals surface area contributed by atoms with Crippen LogP contribution in [0.3, 0.4) is 0 Å². The van der Waals surface area contributed by atoms with Gasteiger partial charge >= 0.3 is 5.97 Å². The summed E-state index contributed by atoms with van der Waals surface area (Å²) in [5.74, 6) is -0.0291. The van der Waals surface area contributed by atoms with Gasteiger partial charge in [0.05, 0.1) is 12.5 Å². The monoisotopic (exact) mass is 227 g/mol. The quantitative estimate of drug-likeness (QED) is 0.541. The Bertz CT molecular complexity index is 338. The molecule has 1 unspecified atom stereocenters. The first-order valence-electron chi connectivity index (χ1n) is 5.16. The van der Waals surface area contributed by atoms with E-state index in [-0.39, 0.29) is 13.0 Å². The zero-order valence-electron chi connectivity index (χ0n) is 9.26. The minimum absolute atomic E-state index is 0.227. The Morgan fingerprint density at radius 2 is 2.44 bits per heavy atom. The molecule has 16 heavy (non-hydrogen) atoms. The van der Waals surface area contributed by atoms with Crippen molar-refractivity contribution in [1.29, 1.82) is 0 Å². The zero-order chi connectivity index (χ0) is 12.0. The number of imidazole rings is 1. The number of hydrogen-bond acceptors (Lipinski definition) is 4. The summed E-state index contributed by atoms with van der Waals surface area (Å²) in [6.07, 6.45) is 3.29. The number of aliphatic hydroxyl groups is 1. The molecule has 6 heteroatoms. The molecule has 0 aliphatic heterocycles. The van der Waals surface area contributed by atoms with Crippen LogP contribution in [0.1, 0.15) is 12.2 Å². The Morgan fingerprint density at radius 3 is 3.00 bits per heavy atom. The highest BCUT2D eigenvalue weighted by atomic mass is 16.4. The van der Waals surface area contributed by atoms with Gasteiger partial charge in [0.2, 0.25) is 0 Å². The van der Waals surface area contributed by atoms with Gasteiger partial charge in [-0.05, 0) is 0 Å². The Kier molecular flexibility index (Phi) is 4.94. The molecule has 0 amide bonds. The molecule has 1 aromatic rings. The van der Waals surface area contributed by atoms with E-state index in [2.05, 4.69) is 10.3 Å². The lowest BCUT2D eigenvalue weighted by molar-refractivity contribution is -0.139. The van der Waals surface area contributed by atoms with E-state index in [4.69, 9.17) is 5.11 Å². The average Bonchev–Trinajstić information content (AvgIpc) is 2.58. The fourth-order valence-corrected chi connectivity index (χ4v) is 1.38. The van der Waals surface area contributed by atoms with Crippen LogP contribution in [-0.2, 0) is 18.3 Å². The van der Waals surface area contributed by atoms with E-state index < -0.39 is 12.1 Å². The maximum absolute atomic E-state index is 10.3. The second kappa shape index (κ2) is 6.24. The number of carboxylic acids is 1. The lowest BCUT2D eigenvalue weighted by Gasteiger charge is -2.09. The third-order valence-electron chi connectivity index (χ3n) is 2.24. The van der Waals surface area contributed by atoms with Crippen molar-refractivity contribution >= 4 is 5.97 Å². The van der Waals surface area contributed by atoms with Gasteiger partial charge in [-0.1, -0.05) is 0 Å². The maximum atomic E-state index is 10.3. The van der Waals surface area contributed by atoms with E-state index in [0.717, 1.165) is 12.2 Å². The van der Waals surface area contributed by atoms with Crippen molar-refractivity contribution in [3.05, 3.63) is 18.2 Å². The molecule has 0 aliphatic rings. The third-order valence-corrected chi connectivity index (χ3v) is 2.24. The first-order chi connectivity index (χ1) is 7.59. The summed E-state index contributed by atoms with van der Waals surface area (Å²) in [4.78, 5) is 14.4. The maximum Gasteiger partial charge on any atom is 0.306 e. The lowest BCUT2D eigenvalue weighted by Crippen LogP contribution is -2.30. The third kappa shape index (κ3) is 4.41. The van der Waals surface area contributed by atoms with Gasteiger partial charge in [0, 0.05) is 39.0 Å². The van der Waals surface area contributed by atoms with Crippen molar-refractivity contribution < 1.29 is 15.0 Å². The second-order valence-electron chi connectivity index (χ2n) is 3.66. The van der Waals surface area contributed by atoms with Gasteiger partial charge in [0.1, 0.15) is 5.82 Å². The summed E-state index contributed by atoms with van der Waals surface area (Å²) >= 11 is 0. The van der Waals surface area contributed by atoms with Gasteiger partial charge in [-0.15, -0.1) is 0 Å². The molecule has 0 saturated heterocycles. The van der Waals surface area contributed by atoms with Crippen molar-refractivity contribution in [1.82, 2.24) is 14.9 Å². The number of rotatable bonds is 7. The number of aromatic nitrogens is 2. The molecule has 0 radical (unpaired) electrons. The standard InChI is InChI=1S/C10H17N3O3/c1-13-5-4-12-9(13)2-3-11-7-8(14)6-10(15)16/h4-5,8,11,14H,2-3,6-7H2,1H3,(H,15,16). The van der Waals surface area contributed by atoms with Gasteiger partial charge < -0.3 is 20.1 Å². The van der Waals surface area contributed by atoms with Gasteiger partial charge in [-0.2, -0.15) is 0 Å². The summed E-state index contributed by atoms with van der Waals surface area (Å²) in [5.41, 5.74) is 0. The number of hydrogen-bond donors (Lipinski definition) is 3. The van der Waals surface area contributed by atoms with Crippen molar-refractivity contribution in [2.75, 3.05) is 13.1 Å². The largest absolute Gasteiger partial charge is 0.481 e. The van der Waals surface area contributed by atoms with Crippen LogP contribution in [0.2, 0.25) is 0 Å². The molecule has 0 spiro atoms. The van der Waals surface area contributed by atoms with Crippen molar-refractivity contribution in [3.8, 4) is 0 Å². The van der Waals surface area contributed by atoms with E-state index in [1.54, 1.807) is 6.20 Å².